The van der Waals surface area contributed by atoms with Gasteiger partial charge in [0.1, 0.15) is 10.6 Å². The van der Waals surface area contributed by atoms with Gasteiger partial charge in [0.2, 0.25) is 10.0 Å². The number of hydrogen-bond donors (Lipinski definition) is 2. The number of anilines is 1. The van der Waals surface area contributed by atoms with Gasteiger partial charge in [0, 0.05) is 5.69 Å². The summed E-state index contributed by atoms with van der Waals surface area (Å²) in [6.07, 6.45) is 0.374. The van der Waals surface area contributed by atoms with Crippen molar-refractivity contribution < 1.29 is 21.6 Å². The molecule has 0 aliphatic carbocycles. The molecule has 0 radical (unpaired) electrons. The molecular formula is C11H18N2O5S2. The van der Waals surface area contributed by atoms with E-state index in [1.54, 1.807) is 6.07 Å². The van der Waals surface area contributed by atoms with Gasteiger partial charge >= 0.3 is 0 Å². The fourth-order valence-corrected chi connectivity index (χ4v) is 3.83. The van der Waals surface area contributed by atoms with Gasteiger partial charge in [0.15, 0.2) is 9.84 Å². The third-order valence-corrected chi connectivity index (χ3v) is 5.29. The first-order valence-corrected chi connectivity index (χ1v) is 9.19. The van der Waals surface area contributed by atoms with E-state index in [0.29, 0.717) is 5.69 Å². The van der Waals surface area contributed by atoms with Crippen LogP contribution in [-0.2, 0) is 19.9 Å². The summed E-state index contributed by atoms with van der Waals surface area (Å²) < 4.78 is 50.9. The van der Waals surface area contributed by atoms with Crippen molar-refractivity contribution in [3.05, 3.63) is 18.2 Å². The van der Waals surface area contributed by atoms with Gasteiger partial charge in [-0.15, -0.1) is 0 Å². The molecule has 0 bridgehead atoms. The topological polar surface area (TPSA) is 130 Å². The quantitative estimate of drug-likeness (QED) is 0.542. The molecule has 20 heavy (non-hydrogen) atoms. The van der Waals surface area contributed by atoms with Crippen molar-refractivity contribution >= 4 is 25.5 Å². The maximum Gasteiger partial charge on any atom is 0.209 e. The molecule has 9 heteroatoms. The van der Waals surface area contributed by atoms with E-state index in [-0.39, 0.29) is 35.0 Å². The summed E-state index contributed by atoms with van der Waals surface area (Å²) in [6, 6.07) is 4.35. The van der Waals surface area contributed by atoms with Crippen molar-refractivity contribution in [1.29, 1.82) is 0 Å². The molecule has 7 nitrogen and oxygen atoms in total. The highest BCUT2D eigenvalue weighted by molar-refractivity contribution is 7.91. The molecule has 0 aliphatic rings. The molecule has 0 aliphatic heterocycles. The second kappa shape index (κ2) is 6.42. The van der Waals surface area contributed by atoms with E-state index >= 15 is 0 Å². The summed E-state index contributed by atoms with van der Waals surface area (Å²) in [5, 5.41) is 4.85. The van der Waals surface area contributed by atoms with E-state index < -0.39 is 19.9 Å². The van der Waals surface area contributed by atoms with Crippen LogP contribution in [0, 0.1) is 0 Å². The van der Waals surface area contributed by atoms with Crippen LogP contribution in [0.3, 0.4) is 0 Å². The average molecular weight is 322 g/mol. The Morgan fingerprint density at radius 2 is 1.70 bits per heavy atom. The van der Waals surface area contributed by atoms with Crippen LogP contribution in [0.25, 0.3) is 0 Å². The van der Waals surface area contributed by atoms with E-state index in [1.807, 2.05) is 0 Å². The lowest BCUT2D eigenvalue weighted by Gasteiger charge is -2.10. The molecule has 0 heterocycles. The van der Waals surface area contributed by atoms with E-state index in [9.17, 15) is 16.8 Å². The predicted molar refractivity (Wildman–Crippen MR) is 76.7 cm³/mol. The number of primary sulfonamides is 1. The lowest BCUT2D eigenvalue weighted by molar-refractivity contribution is 0.403. The monoisotopic (exact) mass is 322 g/mol. The maximum absolute atomic E-state index is 12.2. The highest BCUT2D eigenvalue weighted by atomic mass is 32.2. The first kappa shape index (κ1) is 16.7. The van der Waals surface area contributed by atoms with Crippen molar-refractivity contribution in [2.75, 3.05) is 24.3 Å². The normalized spacial score (nSPS) is 12.3. The number of rotatable bonds is 7. The van der Waals surface area contributed by atoms with Crippen molar-refractivity contribution in [2.24, 2.45) is 5.14 Å². The number of benzene rings is 1. The molecule has 0 aromatic heterocycles. The van der Waals surface area contributed by atoms with Gasteiger partial charge in [-0.2, -0.15) is 0 Å². The molecule has 114 valence electrons. The van der Waals surface area contributed by atoms with Gasteiger partial charge in [-0.25, -0.2) is 22.0 Å². The first-order valence-electron chi connectivity index (χ1n) is 5.82. The second-order valence-electron chi connectivity index (χ2n) is 4.30. The molecule has 0 atom stereocenters. The standard InChI is InChI=1S/C11H18N2O5S2/c1-18-10-5-4-9(12)8-11(10)19(14,15)6-2-3-7-20(13,16)17/h4-5,8H,2-3,6-7,12H2,1H3,(H2,13,16,17). The molecule has 0 fully saturated rings. The molecule has 0 spiro atoms. The van der Waals surface area contributed by atoms with Crippen LogP contribution in [0.2, 0.25) is 0 Å². The number of sulfonamides is 1. The summed E-state index contributed by atoms with van der Waals surface area (Å²) in [6.45, 7) is 0. The van der Waals surface area contributed by atoms with Crippen molar-refractivity contribution in [2.45, 2.75) is 17.7 Å². The van der Waals surface area contributed by atoms with E-state index in [0.717, 1.165) is 0 Å². The highest BCUT2D eigenvalue weighted by Gasteiger charge is 2.20. The van der Waals surface area contributed by atoms with Gasteiger partial charge in [-0.1, -0.05) is 0 Å². The smallest absolute Gasteiger partial charge is 0.209 e. The number of nitrogen functional groups attached to an aromatic ring is 1. The number of hydrogen-bond acceptors (Lipinski definition) is 6. The molecule has 0 saturated carbocycles. The molecule has 4 N–H and O–H groups in total. The highest BCUT2D eigenvalue weighted by Crippen LogP contribution is 2.27. The Labute approximate surface area is 118 Å². The lowest BCUT2D eigenvalue weighted by atomic mass is 10.3. The average Bonchev–Trinajstić information content (AvgIpc) is 2.33. The summed E-state index contributed by atoms with van der Waals surface area (Å²) in [5.41, 5.74) is 5.89. The zero-order chi connectivity index (χ0) is 15.4. The van der Waals surface area contributed by atoms with Crippen LogP contribution >= 0.6 is 0 Å². The molecule has 1 rings (SSSR count). The zero-order valence-corrected chi connectivity index (χ0v) is 12.7. The minimum absolute atomic E-state index is 0.00982. The number of sulfone groups is 1. The maximum atomic E-state index is 12.2. The molecule has 0 saturated heterocycles. The third-order valence-electron chi connectivity index (χ3n) is 2.61. The Balaban J connectivity index is 2.81. The molecular weight excluding hydrogens is 304 g/mol. The van der Waals surface area contributed by atoms with Gasteiger partial charge in [-0.05, 0) is 31.0 Å². The van der Waals surface area contributed by atoms with Crippen molar-refractivity contribution in [3.63, 3.8) is 0 Å². The summed E-state index contributed by atoms with van der Waals surface area (Å²) >= 11 is 0. The molecule has 0 amide bonds. The molecule has 0 unspecified atom stereocenters. The summed E-state index contributed by atoms with van der Waals surface area (Å²) in [5.74, 6) is -0.218. The fourth-order valence-electron chi connectivity index (χ4n) is 1.64. The van der Waals surface area contributed by atoms with Crippen molar-refractivity contribution in [3.8, 4) is 5.75 Å². The Morgan fingerprint density at radius 1 is 1.10 bits per heavy atom. The third kappa shape index (κ3) is 4.99. The van der Waals surface area contributed by atoms with Crippen LogP contribution in [0.15, 0.2) is 23.1 Å². The van der Waals surface area contributed by atoms with Crippen LogP contribution in [0.4, 0.5) is 5.69 Å². The van der Waals surface area contributed by atoms with E-state index in [1.165, 1.54) is 19.2 Å². The second-order valence-corrected chi connectivity index (χ2v) is 8.11. The number of unbranched alkanes of at least 4 members (excludes halogenated alkanes) is 1. The van der Waals surface area contributed by atoms with Crippen LogP contribution in [0.5, 0.6) is 5.75 Å². The van der Waals surface area contributed by atoms with Gasteiger partial charge < -0.3 is 10.5 Å². The summed E-state index contributed by atoms with van der Waals surface area (Å²) in [4.78, 5) is 0.00982. The first-order chi connectivity index (χ1) is 9.15. The number of methoxy groups -OCH3 is 1. The number of ether oxygens (including phenoxy) is 1. The van der Waals surface area contributed by atoms with Crippen molar-refractivity contribution in [1.82, 2.24) is 0 Å². The van der Waals surface area contributed by atoms with Crippen LogP contribution < -0.4 is 15.6 Å². The minimum Gasteiger partial charge on any atom is -0.495 e. The minimum atomic E-state index is -3.58. The Bertz CT molecular complexity index is 668. The van der Waals surface area contributed by atoms with E-state index in [2.05, 4.69) is 0 Å². The van der Waals surface area contributed by atoms with Crippen LogP contribution in [-0.4, -0.2) is 35.5 Å². The zero-order valence-electron chi connectivity index (χ0n) is 11.1. The van der Waals surface area contributed by atoms with Gasteiger partial charge in [0.25, 0.3) is 0 Å². The van der Waals surface area contributed by atoms with Crippen LogP contribution in [0.1, 0.15) is 12.8 Å². The van der Waals surface area contributed by atoms with Gasteiger partial charge in [-0.3, -0.25) is 0 Å². The Morgan fingerprint density at radius 3 is 2.25 bits per heavy atom. The van der Waals surface area contributed by atoms with Gasteiger partial charge in [0.05, 0.1) is 18.6 Å². The molecule has 1 aromatic carbocycles. The van der Waals surface area contributed by atoms with E-state index in [4.69, 9.17) is 15.6 Å². The lowest BCUT2D eigenvalue weighted by Crippen LogP contribution is -2.17. The molecule has 1 aromatic rings. The summed E-state index contributed by atoms with van der Waals surface area (Å²) in [7, 11) is -5.78. The Kier molecular flexibility index (Phi) is 5.37. The predicted octanol–water partition coefficient (Wildman–Crippen LogP) is 0.120. The fraction of sp³-hybridized carbons (Fsp3) is 0.455. The Hall–Kier alpha value is -1.32. The largest absolute Gasteiger partial charge is 0.495 e. The number of nitrogens with two attached hydrogens (primary N) is 2. The SMILES string of the molecule is COc1ccc(N)cc1S(=O)(=O)CCCCS(N)(=O)=O.